The van der Waals surface area contributed by atoms with Gasteiger partial charge in [0.25, 0.3) is 6.43 Å². The molecule has 1 heterocycles. The fourth-order valence-corrected chi connectivity index (χ4v) is 1.34. The molecule has 6 heteroatoms. The molecular formula is C10H12F2N2O2. The fraction of sp³-hybridized carbons (Fsp3) is 0.400. The van der Waals surface area contributed by atoms with Crippen molar-refractivity contribution in [2.45, 2.75) is 19.8 Å². The SMILES string of the molecule is COC(=O)Cc1c(N)ncc(C(F)F)c1C. The summed E-state index contributed by atoms with van der Waals surface area (Å²) >= 11 is 0. The number of rotatable bonds is 3. The third-order valence-electron chi connectivity index (χ3n) is 2.32. The molecule has 0 bridgehead atoms. The molecule has 0 amide bonds. The van der Waals surface area contributed by atoms with Crippen molar-refractivity contribution < 1.29 is 18.3 Å². The number of esters is 1. The van der Waals surface area contributed by atoms with Gasteiger partial charge in [-0.25, -0.2) is 13.8 Å². The number of methoxy groups -OCH3 is 1. The molecule has 1 aromatic rings. The van der Waals surface area contributed by atoms with Crippen molar-refractivity contribution in [2.24, 2.45) is 0 Å². The van der Waals surface area contributed by atoms with Gasteiger partial charge in [0.2, 0.25) is 0 Å². The first kappa shape index (κ1) is 12.4. The van der Waals surface area contributed by atoms with Gasteiger partial charge < -0.3 is 10.5 Å². The molecule has 16 heavy (non-hydrogen) atoms. The second kappa shape index (κ2) is 4.87. The van der Waals surface area contributed by atoms with Crippen LogP contribution in [-0.2, 0) is 16.0 Å². The molecule has 0 radical (unpaired) electrons. The molecule has 0 aliphatic heterocycles. The van der Waals surface area contributed by atoms with Gasteiger partial charge in [-0.2, -0.15) is 0 Å². The van der Waals surface area contributed by atoms with E-state index in [4.69, 9.17) is 5.73 Å². The number of anilines is 1. The first-order chi connectivity index (χ1) is 7.47. The molecule has 0 atom stereocenters. The standard InChI is InChI=1S/C10H12F2N2O2/c1-5-6(3-8(15)16-2)10(13)14-4-7(5)9(11)12/h4,9H,3H2,1-2H3,(H2,13,14). The maximum Gasteiger partial charge on any atom is 0.310 e. The monoisotopic (exact) mass is 230 g/mol. The Bertz CT molecular complexity index is 408. The van der Waals surface area contributed by atoms with Crippen molar-refractivity contribution in [3.8, 4) is 0 Å². The predicted molar refractivity (Wildman–Crippen MR) is 54.1 cm³/mol. The number of hydrogen-bond acceptors (Lipinski definition) is 4. The number of pyridine rings is 1. The summed E-state index contributed by atoms with van der Waals surface area (Å²) in [6, 6.07) is 0. The zero-order valence-corrected chi connectivity index (χ0v) is 8.96. The minimum atomic E-state index is -2.63. The minimum absolute atomic E-state index is 0.0762. The number of hydrogen-bond donors (Lipinski definition) is 1. The summed E-state index contributed by atoms with van der Waals surface area (Å²) in [7, 11) is 1.22. The lowest BCUT2D eigenvalue weighted by Crippen LogP contribution is -2.11. The zero-order chi connectivity index (χ0) is 12.3. The van der Waals surface area contributed by atoms with Gasteiger partial charge in [-0.1, -0.05) is 0 Å². The summed E-state index contributed by atoms with van der Waals surface area (Å²) in [5.41, 5.74) is 5.90. The summed E-state index contributed by atoms with van der Waals surface area (Å²) < 4.78 is 29.6. The van der Waals surface area contributed by atoms with Gasteiger partial charge in [-0.05, 0) is 12.5 Å². The van der Waals surface area contributed by atoms with E-state index in [1.54, 1.807) is 0 Å². The lowest BCUT2D eigenvalue weighted by atomic mass is 10.0. The molecule has 0 saturated heterocycles. The number of nitrogens with two attached hydrogens (primary N) is 1. The largest absolute Gasteiger partial charge is 0.469 e. The normalized spacial score (nSPS) is 10.6. The van der Waals surface area contributed by atoms with Gasteiger partial charge in [0.05, 0.1) is 13.5 Å². The maximum atomic E-state index is 12.6. The molecule has 4 nitrogen and oxygen atoms in total. The van der Waals surface area contributed by atoms with E-state index in [9.17, 15) is 13.6 Å². The molecule has 0 spiro atoms. The van der Waals surface area contributed by atoms with E-state index in [1.165, 1.54) is 14.0 Å². The number of ether oxygens (including phenoxy) is 1. The van der Waals surface area contributed by atoms with Crippen LogP contribution in [0.2, 0.25) is 0 Å². The Morgan fingerprint density at radius 2 is 2.25 bits per heavy atom. The zero-order valence-electron chi connectivity index (χ0n) is 8.96. The van der Waals surface area contributed by atoms with E-state index in [1.807, 2.05) is 0 Å². The summed E-state index contributed by atoms with van der Waals surface area (Å²) in [4.78, 5) is 14.7. The topological polar surface area (TPSA) is 65.2 Å². The fourth-order valence-electron chi connectivity index (χ4n) is 1.34. The summed E-state index contributed by atoms with van der Waals surface area (Å²) in [5, 5.41) is 0. The van der Waals surface area contributed by atoms with E-state index in [-0.39, 0.29) is 23.4 Å². The maximum absolute atomic E-state index is 12.6. The van der Waals surface area contributed by atoms with Crippen molar-refractivity contribution in [2.75, 3.05) is 12.8 Å². The smallest absolute Gasteiger partial charge is 0.310 e. The quantitative estimate of drug-likeness (QED) is 0.801. The number of aromatic nitrogens is 1. The first-order valence-corrected chi connectivity index (χ1v) is 4.56. The van der Waals surface area contributed by atoms with Gasteiger partial charge in [-0.3, -0.25) is 4.79 Å². The highest BCUT2D eigenvalue weighted by Crippen LogP contribution is 2.26. The molecule has 0 unspecified atom stereocenters. The molecule has 0 aromatic carbocycles. The molecule has 0 aliphatic carbocycles. The van der Waals surface area contributed by atoms with Crippen LogP contribution in [0.4, 0.5) is 14.6 Å². The second-order valence-corrected chi connectivity index (χ2v) is 3.26. The van der Waals surface area contributed by atoms with Crippen LogP contribution in [0.25, 0.3) is 0 Å². The van der Waals surface area contributed by atoms with Crippen LogP contribution >= 0.6 is 0 Å². The van der Waals surface area contributed by atoms with Gasteiger partial charge in [-0.15, -0.1) is 0 Å². The molecule has 2 N–H and O–H groups in total. The molecule has 88 valence electrons. The lowest BCUT2D eigenvalue weighted by molar-refractivity contribution is -0.139. The van der Waals surface area contributed by atoms with Crippen LogP contribution in [0.3, 0.4) is 0 Å². The van der Waals surface area contributed by atoms with Gasteiger partial charge in [0, 0.05) is 17.3 Å². The van der Waals surface area contributed by atoms with Crippen LogP contribution in [-0.4, -0.2) is 18.1 Å². The van der Waals surface area contributed by atoms with Crippen molar-refractivity contribution in [1.82, 2.24) is 4.98 Å². The highest BCUT2D eigenvalue weighted by molar-refractivity contribution is 5.75. The highest BCUT2D eigenvalue weighted by Gasteiger charge is 2.18. The number of halogens is 2. The van der Waals surface area contributed by atoms with Crippen molar-refractivity contribution in [1.29, 1.82) is 0 Å². The average molecular weight is 230 g/mol. The van der Waals surface area contributed by atoms with E-state index < -0.39 is 12.4 Å². The lowest BCUT2D eigenvalue weighted by Gasteiger charge is -2.11. The number of carbonyl (C=O) groups is 1. The number of alkyl halides is 2. The van der Waals surface area contributed by atoms with Crippen LogP contribution in [0.15, 0.2) is 6.20 Å². The van der Waals surface area contributed by atoms with Gasteiger partial charge in [0.1, 0.15) is 5.82 Å². The molecule has 1 aromatic heterocycles. The Balaban J connectivity index is 3.16. The third kappa shape index (κ3) is 2.44. The van der Waals surface area contributed by atoms with Crippen LogP contribution in [0.1, 0.15) is 23.1 Å². The second-order valence-electron chi connectivity index (χ2n) is 3.26. The summed E-state index contributed by atoms with van der Waals surface area (Å²) in [6.45, 7) is 1.48. The Kier molecular flexibility index (Phi) is 3.76. The van der Waals surface area contributed by atoms with Crippen LogP contribution in [0, 0.1) is 6.92 Å². The number of nitrogen functional groups attached to an aromatic ring is 1. The Morgan fingerprint density at radius 1 is 1.62 bits per heavy atom. The third-order valence-corrected chi connectivity index (χ3v) is 2.32. The molecule has 0 aliphatic rings. The average Bonchev–Trinajstić information content (AvgIpc) is 2.23. The molecule has 0 fully saturated rings. The van der Waals surface area contributed by atoms with E-state index in [2.05, 4.69) is 9.72 Å². The van der Waals surface area contributed by atoms with Gasteiger partial charge >= 0.3 is 5.97 Å². The highest BCUT2D eigenvalue weighted by atomic mass is 19.3. The Hall–Kier alpha value is -1.72. The molecular weight excluding hydrogens is 218 g/mol. The Morgan fingerprint density at radius 3 is 2.75 bits per heavy atom. The van der Waals surface area contributed by atoms with Crippen molar-refractivity contribution >= 4 is 11.8 Å². The minimum Gasteiger partial charge on any atom is -0.469 e. The van der Waals surface area contributed by atoms with Crippen molar-refractivity contribution in [3.63, 3.8) is 0 Å². The van der Waals surface area contributed by atoms with Crippen LogP contribution < -0.4 is 5.73 Å². The summed E-state index contributed by atoms with van der Waals surface area (Å²) in [5.74, 6) is -0.463. The summed E-state index contributed by atoms with van der Waals surface area (Å²) in [6.07, 6.45) is -1.76. The first-order valence-electron chi connectivity index (χ1n) is 4.56. The van der Waals surface area contributed by atoms with E-state index in [0.29, 0.717) is 5.56 Å². The van der Waals surface area contributed by atoms with Crippen molar-refractivity contribution in [3.05, 3.63) is 22.9 Å². The van der Waals surface area contributed by atoms with E-state index in [0.717, 1.165) is 6.20 Å². The number of nitrogens with zero attached hydrogens (tertiary/aromatic N) is 1. The predicted octanol–water partition coefficient (Wildman–Crippen LogP) is 1.63. The Labute approximate surface area is 91.4 Å². The molecule has 1 rings (SSSR count). The van der Waals surface area contributed by atoms with Gasteiger partial charge in [0.15, 0.2) is 0 Å². The van der Waals surface area contributed by atoms with Crippen LogP contribution in [0.5, 0.6) is 0 Å². The molecule has 0 saturated carbocycles. The number of carbonyl (C=O) groups excluding carboxylic acids is 1. The van der Waals surface area contributed by atoms with E-state index >= 15 is 0 Å².